The number of hydrogen-bond donors (Lipinski definition) is 2. The molecule has 16 heavy (non-hydrogen) atoms. The highest BCUT2D eigenvalue weighted by Crippen LogP contribution is 2.25. The molecular weight excluding hydrogens is 247 g/mol. The molecule has 0 bridgehead atoms. The van der Waals surface area contributed by atoms with Crippen LogP contribution in [0, 0.1) is 0 Å². The molecule has 0 unspecified atom stereocenters. The Morgan fingerprint density at radius 2 is 2.06 bits per heavy atom. The van der Waals surface area contributed by atoms with E-state index in [1.165, 1.54) is 0 Å². The first-order valence-electron chi connectivity index (χ1n) is 4.84. The number of nitrogens with one attached hydrogen (secondary N) is 1. The summed E-state index contributed by atoms with van der Waals surface area (Å²) in [6.07, 6.45) is 0. The molecule has 0 aliphatic carbocycles. The van der Waals surface area contributed by atoms with Gasteiger partial charge in [0.15, 0.2) is 0 Å². The van der Waals surface area contributed by atoms with Crippen LogP contribution >= 0.6 is 23.2 Å². The maximum absolute atomic E-state index is 11.9. The van der Waals surface area contributed by atoms with Crippen LogP contribution in [-0.4, -0.2) is 18.0 Å². The van der Waals surface area contributed by atoms with Crippen molar-refractivity contribution in [2.75, 3.05) is 6.54 Å². The molecule has 5 heteroatoms. The summed E-state index contributed by atoms with van der Waals surface area (Å²) in [4.78, 5) is 11.9. The van der Waals surface area contributed by atoms with Gasteiger partial charge in [-0.2, -0.15) is 0 Å². The van der Waals surface area contributed by atoms with Gasteiger partial charge in [-0.1, -0.05) is 29.3 Å². The average molecular weight is 261 g/mol. The van der Waals surface area contributed by atoms with Gasteiger partial charge < -0.3 is 11.1 Å². The van der Waals surface area contributed by atoms with E-state index in [1.54, 1.807) is 18.2 Å². The van der Waals surface area contributed by atoms with Crippen LogP contribution in [0.2, 0.25) is 10.0 Å². The maximum Gasteiger partial charge on any atom is 0.253 e. The molecule has 0 saturated carbocycles. The molecule has 0 spiro atoms. The van der Waals surface area contributed by atoms with Crippen LogP contribution in [0.25, 0.3) is 0 Å². The number of nitrogens with two attached hydrogens (primary N) is 1. The lowest BCUT2D eigenvalue weighted by Gasteiger charge is -2.24. The molecule has 88 valence electrons. The van der Waals surface area contributed by atoms with Gasteiger partial charge in [0.25, 0.3) is 5.91 Å². The highest BCUT2D eigenvalue weighted by atomic mass is 35.5. The van der Waals surface area contributed by atoms with Gasteiger partial charge in [0, 0.05) is 12.1 Å². The lowest BCUT2D eigenvalue weighted by Crippen LogP contribution is -2.48. The fourth-order valence-electron chi connectivity index (χ4n) is 1.10. The SMILES string of the molecule is CC(C)(CN)NC(=O)c1cccc(Cl)c1Cl. The Balaban J connectivity index is 2.94. The van der Waals surface area contributed by atoms with Crippen LogP contribution in [0.4, 0.5) is 0 Å². The molecular formula is C11H14Cl2N2O. The highest BCUT2D eigenvalue weighted by Gasteiger charge is 2.21. The fraction of sp³-hybridized carbons (Fsp3) is 0.364. The molecule has 0 aromatic heterocycles. The molecule has 3 nitrogen and oxygen atoms in total. The third-order valence-corrected chi connectivity index (χ3v) is 2.98. The number of rotatable bonds is 3. The second-order valence-corrected chi connectivity index (χ2v) is 4.93. The quantitative estimate of drug-likeness (QED) is 0.878. The lowest BCUT2D eigenvalue weighted by molar-refractivity contribution is 0.0916. The molecule has 0 atom stereocenters. The topological polar surface area (TPSA) is 55.1 Å². The maximum atomic E-state index is 11.9. The lowest BCUT2D eigenvalue weighted by atomic mass is 10.1. The normalized spacial score (nSPS) is 11.3. The predicted molar refractivity (Wildman–Crippen MR) is 67.1 cm³/mol. The number of benzene rings is 1. The Hall–Kier alpha value is -0.770. The first-order chi connectivity index (χ1) is 7.37. The summed E-state index contributed by atoms with van der Waals surface area (Å²) in [6.45, 7) is 4.02. The van der Waals surface area contributed by atoms with Crippen LogP contribution in [0.3, 0.4) is 0 Å². The zero-order valence-corrected chi connectivity index (χ0v) is 10.7. The smallest absolute Gasteiger partial charge is 0.253 e. The van der Waals surface area contributed by atoms with Crippen molar-refractivity contribution in [3.63, 3.8) is 0 Å². The molecule has 1 aromatic carbocycles. The first-order valence-corrected chi connectivity index (χ1v) is 5.59. The zero-order chi connectivity index (χ0) is 12.3. The van der Waals surface area contributed by atoms with E-state index in [4.69, 9.17) is 28.9 Å². The van der Waals surface area contributed by atoms with Crippen LogP contribution in [-0.2, 0) is 0 Å². The Morgan fingerprint density at radius 3 is 2.62 bits per heavy atom. The Labute approximate surface area is 105 Å². The van der Waals surface area contributed by atoms with Gasteiger partial charge in [0.1, 0.15) is 0 Å². The largest absolute Gasteiger partial charge is 0.346 e. The first kappa shape index (κ1) is 13.3. The third-order valence-electron chi connectivity index (χ3n) is 2.16. The minimum atomic E-state index is -0.470. The molecule has 1 rings (SSSR count). The summed E-state index contributed by atoms with van der Waals surface area (Å²) >= 11 is 11.8. The van der Waals surface area contributed by atoms with E-state index in [2.05, 4.69) is 5.32 Å². The van der Waals surface area contributed by atoms with Gasteiger partial charge >= 0.3 is 0 Å². The van der Waals surface area contributed by atoms with E-state index < -0.39 is 5.54 Å². The van der Waals surface area contributed by atoms with Crippen LogP contribution < -0.4 is 11.1 Å². The Morgan fingerprint density at radius 1 is 1.44 bits per heavy atom. The van der Waals surface area contributed by atoms with Crippen molar-refractivity contribution < 1.29 is 4.79 Å². The van der Waals surface area contributed by atoms with E-state index in [1.807, 2.05) is 13.8 Å². The van der Waals surface area contributed by atoms with E-state index in [-0.39, 0.29) is 10.9 Å². The monoisotopic (exact) mass is 260 g/mol. The van der Waals surface area contributed by atoms with Crippen molar-refractivity contribution in [3.05, 3.63) is 33.8 Å². The summed E-state index contributed by atoms with van der Waals surface area (Å²) < 4.78 is 0. The Kier molecular flexibility index (Phi) is 4.19. The minimum absolute atomic E-state index is 0.259. The van der Waals surface area contributed by atoms with E-state index in [0.29, 0.717) is 17.1 Å². The van der Waals surface area contributed by atoms with Crippen molar-refractivity contribution >= 4 is 29.1 Å². The average Bonchev–Trinajstić information content (AvgIpc) is 2.21. The number of carbonyl (C=O) groups excluding carboxylic acids is 1. The fourth-order valence-corrected chi connectivity index (χ4v) is 1.49. The van der Waals surface area contributed by atoms with Crippen molar-refractivity contribution in [1.29, 1.82) is 0 Å². The molecule has 1 amide bonds. The second kappa shape index (κ2) is 5.04. The summed E-state index contributed by atoms with van der Waals surface area (Å²) in [5, 5.41) is 3.40. The Bertz CT molecular complexity index is 405. The van der Waals surface area contributed by atoms with Crippen molar-refractivity contribution in [1.82, 2.24) is 5.32 Å². The summed E-state index contributed by atoms with van der Waals surface area (Å²) in [6, 6.07) is 4.93. The molecule has 0 saturated heterocycles. The van der Waals surface area contributed by atoms with E-state index >= 15 is 0 Å². The van der Waals surface area contributed by atoms with E-state index in [0.717, 1.165) is 0 Å². The molecule has 3 N–H and O–H groups in total. The molecule has 1 aromatic rings. The second-order valence-electron chi connectivity index (χ2n) is 4.14. The number of amides is 1. The number of hydrogen-bond acceptors (Lipinski definition) is 2. The van der Waals surface area contributed by atoms with Crippen LogP contribution in [0.15, 0.2) is 18.2 Å². The van der Waals surface area contributed by atoms with Crippen LogP contribution in [0.5, 0.6) is 0 Å². The molecule has 0 aliphatic rings. The van der Waals surface area contributed by atoms with E-state index in [9.17, 15) is 4.79 Å². The van der Waals surface area contributed by atoms with Gasteiger partial charge in [0.2, 0.25) is 0 Å². The standard InChI is InChI=1S/C11H14Cl2N2O/c1-11(2,6-14)15-10(16)7-4-3-5-8(12)9(7)13/h3-5H,6,14H2,1-2H3,(H,15,16). The number of carbonyl (C=O) groups is 1. The van der Waals surface area contributed by atoms with Gasteiger partial charge in [-0.15, -0.1) is 0 Å². The van der Waals surface area contributed by atoms with Crippen molar-refractivity contribution in [2.45, 2.75) is 19.4 Å². The van der Waals surface area contributed by atoms with Gasteiger partial charge in [-0.05, 0) is 26.0 Å². The molecule has 0 aliphatic heterocycles. The highest BCUT2D eigenvalue weighted by molar-refractivity contribution is 6.43. The van der Waals surface area contributed by atoms with Gasteiger partial charge in [-0.25, -0.2) is 0 Å². The summed E-state index contributed by atoms with van der Waals surface area (Å²) in [5.41, 5.74) is 5.41. The van der Waals surface area contributed by atoms with Gasteiger partial charge in [-0.3, -0.25) is 4.79 Å². The van der Waals surface area contributed by atoms with Gasteiger partial charge in [0.05, 0.1) is 15.6 Å². The zero-order valence-electron chi connectivity index (χ0n) is 9.18. The summed E-state index contributed by atoms with van der Waals surface area (Å²) in [7, 11) is 0. The van der Waals surface area contributed by atoms with Crippen molar-refractivity contribution in [3.8, 4) is 0 Å². The third kappa shape index (κ3) is 3.11. The summed E-state index contributed by atoms with van der Waals surface area (Å²) in [5.74, 6) is -0.275. The minimum Gasteiger partial charge on any atom is -0.346 e. The predicted octanol–water partition coefficient (Wildman–Crippen LogP) is 2.46. The van der Waals surface area contributed by atoms with Crippen LogP contribution in [0.1, 0.15) is 24.2 Å². The molecule has 0 heterocycles. The molecule has 0 radical (unpaired) electrons. The van der Waals surface area contributed by atoms with Crippen molar-refractivity contribution in [2.24, 2.45) is 5.73 Å². The molecule has 0 fully saturated rings. The number of halogens is 2.